The van der Waals surface area contributed by atoms with Gasteiger partial charge in [0.05, 0.1) is 5.52 Å². The smallest absolute Gasteiger partial charge is 0.161 e. The van der Waals surface area contributed by atoms with Gasteiger partial charge in [-0.1, -0.05) is 27.5 Å². The molecule has 3 rings (SSSR count). The fourth-order valence-electron chi connectivity index (χ4n) is 1.88. The number of halogens is 4. The number of hydrogen-bond donors (Lipinski definition) is 0. The van der Waals surface area contributed by atoms with Crippen LogP contribution in [0, 0.1) is 11.6 Å². The summed E-state index contributed by atoms with van der Waals surface area (Å²) in [7, 11) is 0. The monoisotopic (exact) mass is 354 g/mol. The molecule has 0 radical (unpaired) electrons. The molecule has 2 aromatic carbocycles. The molecule has 0 saturated carbocycles. The molecule has 1 aromatic heterocycles. The minimum absolute atomic E-state index is 0.184. The Balaban J connectivity index is 2.24. The lowest BCUT2D eigenvalue weighted by atomic mass is 10.2. The fourth-order valence-corrected chi connectivity index (χ4v) is 2.47. The Morgan fingerprint density at radius 1 is 0.950 bits per heavy atom. The number of aromatic nitrogens is 2. The Morgan fingerprint density at radius 2 is 1.65 bits per heavy atom. The van der Waals surface area contributed by atoms with Gasteiger partial charge in [-0.3, -0.25) is 0 Å². The van der Waals surface area contributed by atoms with Crippen LogP contribution >= 0.6 is 27.5 Å². The van der Waals surface area contributed by atoms with Crippen molar-refractivity contribution in [2.75, 3.05) is 0 Å². The molecular weight excluding hydrogens is 350 g/mol. The molecule has 0 N–H and O–H groups in total. The van der Waals surface area contributed by atoms with Crippen LogP contribution in [0.2, 0.25) is 5.15 Å². The minimum atomic E-state index is -0.685. The highest BCUT2D eigenvalue weighted by Gasteiger charge is 2.10. The summed E-state index contributed by atoms with van der Waals surface area (Å²) in [6.45, 7) is 0. The summed E-state index contributed by atoms with van der Waals surface area (Å²) in [4.78, 5) is 8.37. The Labute approximate surface area is 126 Å². The standard InChI is InChI=1S/C14H6BrClF2N2/c15-8-1-2-12-11(5-8)13(16)20-14(19-12)7-3-9(17)6-10(18)4-7/h1-6H. The normalized spacial score (nSPS) is 11.0. The molecule has 0 unspecified atom stereocenters. The molecule has 100 valence electrons. The zero-order chi connectivity index (χ0) is 14.3. The predicted molar refractivity (Wildman–Crippen MR) is 77.6 cm³/mol. The van der Waals surface area contributed by atoms with Gasteiger partial charge >= 0.3 is 0 Å². The van der Waals surface area contributed by atoms with Crippen molar-refractivity contribution in [2.45, 2.75) is 0 Å². The third-order valence-corrected chi connectivity index (χ3v) is 3.51. The van der Waals surface area contributed by atoms with E-state index in [-0.39, 0.29) is 16.5 Å². The maximum absolute atomic E-state index is 13.2. The first kappa shape index (κ1) is 13.4. The second kappa shape index (κ2) is 5.07. The molecule has 0 saturated heterocycles. The summed E-state index contributed by atoms with van der Waals surface area (Å²) >= 11 is 9.44. The van der Waals surface area contributed by atoms with E-state index in [1.807, 2.05) is 6.07 Å². The summed E-state index contributed by atoms with van der Waals surface area (Å²) in [6, 6.07) is 8.48. The molecule has 2 nitrogen and oxygen atoms in total. The maximum atomic E-state index is 13.2. The van der Waals surface area contributed by atoms with Crippen LogP contribution in [0.1, 0.15) is 0 Å². The van der Waals surface area contributed by atoms with Gasteiger partial charge in [0, 0.05) is 21.5 Å². The highest BCUT2D eigenvalue weighted by molar-refractivity contribution is 9.10. The Kier molecular flexibility index (Phi) is 3.40. The van der Waals surface area contributed by atoms with Gasteiger partial charge < -0.3 is 0 Å². The Hall–Kier alpha value is -1.59. The number of rotatable bonds is 1. The molecule has 0 aliphatic carbocycles. The topological polar surface area (TPSA) is 25.8 Å². The average molecular weight is 356 g/mol. The van der Waals surface area contributed by atoms with Crippen molar-refractivity contribution in [3.05, 3.63) is 57.7 Å². The van der Waals surface area contributed by atoms with Crippen LogP contribution in [0.4, 0.5) is 8.78 Å². The van der Waals surface area contributed by atoms with Crippen LogP contribution in [0.15, 0.2) is 40.9 Å². The summed E-state index contributed by atoms with van der Waals surface area (Å²) in [5.74, 6) is -1.19. The summed E-state index contributed by atoms with van der Waals surface area (Å²) < 4.78 is 27.3. The van der Waals surface area contributed by atoms with Crippen LogP contribution in [-0.2, 0) is 0 Å². The zero-order valence-corrected chi connectivity index (χ0v) is 12.2. The van der Waals surface area contributed by atoms with Crippen LogP contribution < -0.4 is 0 Å². The lowest BCUT2D eigenvalue weighted by Gasteiger charge is -2.05. The second-order valence-electron chi connectivity index (χ2n) is 4.16. The summed E-state index contributed by atoms with van der Waals surface area (Å²) in [6.07, 6.45) is 0. The third-order valence-electron chi connectivity index (χ3n) is 2.73. The van der Waals surface area contributed by atoms with Gasteiger partial charge in [-0.25, -0.2) is 18.7 Å². The molecule has 0 atom stereocenters. The largest absolute Gasteiger partial charge is 0.228 e. The molecule has 0 spiro atoms. The molecule has 20 heavy (non-hydrogen) atoms. The second-order valence-corrected chi connectivity index (χ2v) is 5.43. The quantitative estimate of drug-likeness (QED) is 0.575. The van der Waals surface area contributed by atoms with E-state index in [9.17, 15) is 8.78 Å². The van der Waals surface area contributed by atoms with Gasteiger partial charge in [-0.15, -0.1) is 0 Å². The summed E-state index contributed by atoms with van der Waals surface area (Å²) in [5, 5.41) is 0.901. The molecule has 0 fully saturated rings. The molecule has 0 amide bonds. The van der Waals surface area contributed by atoms with E-state index >= 15 is 0 Å². The van der Waals surface area contributed by atoms with E-state index in [0.717, 1.165) is 10.5 Å². The van der Waals surface area contributed by atoms with E-state index in [1.165, 1.54) is 12.1 Å². The van der Waals surface area contributed by atoms with Crippen molar-refractivity contribution < 1.29 is 8.78 Å². The van der Waals surface area contributed by atoms with Crippen molar-refractivity contribution in [3.63, 3.8) is 0 Å². The number of fused-ring (bicyclic) bond motifs is 1. The predicted octanol–water partition coefficient (Wildman–Crippen LogP) is 4.99. The average Bonchev–Trinajstić information content (AvgIpc) is 2.38. The van der Waals surface area contributed by atoms with E-state index in [0.29, 0.717) is 10.9 Å². The van der Waals surface area contributed by atoms with Crippen molar-refractivity contribution in [1.82, 2.24) is 9.97 Å². The number of nitrogens with zero attached hydrogens (tertiary/aromatic N) is 2. The van der Waals surface area contributed by atoms with Crippen molar-refractivity contribution in [3.8, 4) is 11.4 Å². The van der Waals surface area contributed by atoms with Crippen LogP contribution in [0.3, 0.4) is 0 Å². The lowest BCUT2D eigenvalue weighted by Crippen LogP contribution is -1.93. The Bertz CT molecular complexity index is 803. The first-order chi connectivity index (χ1) is 9.52. The lowest BCUT2D eigenvalue weighted by molar-refractivity contribution is 0.584. The minimum Gasteiger partial charge on any atom is -0.228 e. The highest BCUT2D eigenvalue weighted by atomic mass is 79.9. The van der Waals surface area contributed by atoms with Gasteiger partial charge in [0.2, 0.25) is 0 Å². The van der Waals surface area contributed by atoms with E-state index in [4.69, 9.17) is 11.6 Å². The summed E-state index contributed by atoms with van der Waals surface area (Å²) in [5.41, 5.74) is 0.849. The third kappa shape index (κ3) is 2.51. The molecule has 1 heterocycles. The molecule has 3 aromatic rings. The van der Waals surface area contributed by atoms with Gasteiger partial charge in [0.25, 0.3) is 0 Å². The van der Waals surface area contributed by atoms with Crippen LogP contribution in [0.25, 0.3) is 22.3 Å². The number of benzene rings is 2. The molecule has 0 aliphatic heterocycles. The molecule has 0 aliphatic rings. The van der Waals surface area contributed by atoms with E-state index < -0.39 is 11.6 Å². The molecular formula is C14H6BrClF2N2. The fraction of sp³-hybridized carbons (Fsp3) is 0. The van der Waals surface area contributed by atoms with Crippen molar-refractivity contribution in [2.24, 2.45) is 0 Å². The van der Waals surface area contributed by atoms with Crippen LogP contribution in [-0.4, -0.2) is 9.97 Å². The Morgan fingerprint density at radius 3 is 2.35 bits per heavy atom. The van der Waals surface area contributed by atoms with Gasteiger partial charge in [-0.05, 0) is 30.3 Å². The van der Waals surface area contributed by atoms with Gasteiger partial charge in [0.15, 0.2) is 5.82 Å². The number of hydrogen-bond acceptors (Lipinski definition) is 2. The van der Waals surface area contributed by atoms with Gasteiger partial charge in [0.1, 0.15) is 16.8 Å². The molecule has 6 heteroatoms. The van der Waals surface area contributed by atoms with E-state index in [1.54, 1.807) is 12.1 Å². The van der Waals surface area contributed by atoms with Crippen LogP contribution in [0.5, 0.6) is 0 Å². The zero-order valence-electron chi connectivity index (χ0n) is 9.87. The van der Waals surface area contributed by atoms with Gasteiger partial charge in [-0.2, -0.15) is 0 Å². The maximum Gasteiger partial charge on any atom is 0.161 e. The highest BCUT2D eigenvalue weighted by Crippen LogP contribution is 2.27. The van der Waals surface area contributed by atoms with Crippen molar-refractivity contribution in [1.29, 1.82) is 0 Å². The first-order valence-corrected chi connectivity index (χ1v) is 6.79. The van der Waals surface area contributed by atoms with Crippen molar-refractivity contribution >= 4 is 38.4 Å². The SMILES string of the molecule is Fc1cc(F)cc(-c2nc(Cl)c3cc(Br)ccc3n2)c1. The first-order valence-electron chi connectivity index (χ1n) is 5.62. The van der Waals surface area contributed by atoms with E-state index in [2.05, 4.69) is 25.9 Å². The molecule has 0 bridgehead atoms.